The first-order chi connectivity index (χ1) is 10.8. The molecule has 2 aromatic rings. The SMILES string of the molecule is CCn1ncc(CN(C)C(=O)CCn2nc(C)c(Br)c2C)c1C. The van der Waals surface area contributed by atoms with Gasteiger partial charge in [0.05, 0.1) is 22.9 Å². The Morgan fingerprint density at radius 1 is 1.26 bits per heavy atom. The van der Waals surface area contributed by atoms with Gasteiger partial charge in [0.2, 0.25) is 5.91 Å². The second-order valence-corrected chi connectivity index (χ2v) is 6.57. The molecule has 2 rings (SSSR count). The van der Waals surface area contributed by atoms with Crippen LogP contribution in [0.15, 0.2) is 10.7 Å². The molecule has 0 aliphatic rings. The topological polar surface area (TPSA) is 56.0 Å². The van der Waals surface area contributed by atoms with E-state index < -0.39 is 0 Å². The summed E-state index contributed by atoms with van der Waals surface area (Å²) in [5, 5.41) is 8.76. The Morgan fingerprint density at radius 3 is 2.48 bits per heavy atom. The van der Waals surface area contributed by atoms with Crippen LogP contribution >= 0.6 is 15.9 Å². The van der Waals surface area contributed by atoms with Gasteiger partial charge in [-0.1, -0.05) is 0 Å². The Balaban J connectivity index is 1.94. The van der Waals surface area contributed by atoms with Crippen molar-refractivity contribution < 1.29 is 4.79 Å². The molecule has 0 bridgehead atoms. The molecule has 2 heterocycles. The van der Waals surface area contributed by atoms with Crippen LogP contribution in [0.4, 0.5) is 0 Å². The monoisotopic (exact) mass is 381 g/mol. The number of halogens is 1. The van der Waals surface area contributed by atoms with Crippen molar-refractivity contribution in [3.8, 4) is 0 Å². The van der Waals surface area contributed by atoms with Crippen molar-refractivity contribution in [1.82, 2.24) is 24.5 Å². The van der Waals surface area contributed by atoms with Crippen LogP contribution in [0.2, 0.25) is 0 Å². The summed E-state index contributed by atoms with van der Waals surface area (Å²) in [6, 6.07) is 0. The summed E-state index contributed by atoms with van der Waals surface area (Å²) in [4.78, 5) is 14.1. The van der Waals surface area contributed by atoms with Gasteiger partial charge in [-0.15, -0.1) is 0 Å². The number of hydrogen-bond acceptors (Lipinski definition) is 3. The smallest absolute Gasteiger partial charge is 0.224 e. The lowest BCUT2D eigenvalue weighted by Crippen LogP contribution is -2.27. The average molecular weight is 382 g/mol. The van der Waals surface area contributed by atoms with Crippen LogP contribution < -0.4 is 0 Å². The molecule has 6 nitrogen and oxygen atoms in total. The van der Waals surface area contributed by atoms with Gasteiger partial charge in [-0.25, -0.2) is 0 Å². The van der Waals surface area contributed by atoms with E-state index in [1.54, 1.807) is 4.90 Å². The van der Waals surface area contributed by atoms with Crippen molar-refractivity contribution in [3.63, 3.8) is 0 Å². The van der Waals surface area contributed by atoms with E-state index in [1.165, 1.54) is 0 Å². The molecule has 0 fully saturated rings. The van der Waals surface area contributed by atoms with Crippen molar-refractivity contribution in [2.75, 3.05) is 7.05 Å². The minimum Gasteiger partial charge on any atom is -0.341 e. The minimum atomic E-state index is 0.109. The van der Waals surface area contributed by atoms with Crippen molar-refractivity contribution in [3.05, 3.63) is 33.3 Å². The van der Waals surface area contributed by atoms with Crippen LogP contribution in [-0.4, -0.2) is 37.4 Å². The van der Waals surface area contributed by atoms with Crippen LogP contribution in [0.5, 0.6) is 0 Å². The first kappa shape index (κ1) is 17.7. The molecule has 0 N–H and O–H groups in total. The summed E-state index contributed by atoms with van der Waals surface area (Å²) >= 11 is 3.51. The Morgan fingerprint density at radius 2 is 1.96 bits per heavy atom. The lowest BCUT2D eigenvalue weighted by atomic mass is 10.2. The number of amides is 1. The van der Waals surface area contributed by atoms with E-state index in [-0.39, 0.29) is 5.91 Å². The lowest BCUT2D eigenvalue weighted by molar-refractivity contribution is -0.130. The largest absolute Gasteiger partial charge is 0.341 e. The normalized spacial score (nSPS) is 11.0. The summed E-state index contributed by atoms with van der Waals surface area (Å²) in [7, 11) is 1.84. The van der Waals surface area contributed by atoms with E-state index in [4.69, 9.17) is 0 Å². The molecule has 1 amide bonds. The third-order valence-corrected chi connectivity index (χ3v) is 5.32. The summed E-state index contributed by atoms with van der Waals surface area (Å²) in [6.45, 7) is 10.1. The van der Waals surface area contributed by atoms with Gasteiger partial charge in [-0.2, -0.15) is 10.2 Å². The molecule has 0 aliphatic heterocycles. The van der Waals surface area contributed by atoms with Gasteiger partial charge in [-0.05, 0) is 43.6 Å². The number of rotatable bonds is 6. The van der Waals surface area contributed by atoms with Crippen molar-refractivity contribution >= 4 is 21.8 Å². The quantitative estimate of drug-likeness (QED) is 0.772. The minimum absolute atomic E-state index is 0.109. The van der Waals surface area contributed by atoms with Crippen molar-refractivity contribution in [2.24, 2.45) is 0 Å². The molecule has 0 unspecified atom stereocenters. The predicted molar refractivity (Wildman–Crippen MR) is 93.1 cm³/mol. The van der Waals surface area contributed by atoms with Crippen LogP contribution in [0.25, 0.3) is 0 Å². The van der Waals surface area contributed by atoms with Crippen LogP contribution in [-0.2, 0) is 24.4 Å². The molecule has 2 aromatic heterocycles. The second-order valence-electron chi connectivity index (χ2n) is 5.78. The zero-order chi connectivity index (χ0) is 17.1. The fourth-order valence-corrected chi connectivity index (χ4v) is 2.87. The number of hydrogen-bond donors (Lipinski definition) is 0. The number of nitrogens with zero attached hydrogens (tertiary/aromatic N) is 5. The second kappa shape index (κ2) is 7.29. The fraction of sp³-hybridized carbons (Fsp3) is 0.562. The Hall–Kier alpha value is -1.63. The molecule has 7 heteroatoms. The van der Waals surface area contributed by atoms with Crippen molar-refractivity contribution in [2.45, 2.75) is 53.8 Å². The molecule has 23 heavy (non-hydrogen) atoms. The third kappa shape index (κ3) is 3.83. The molecule has 0 atom stereocenters. The van der Waals surface area contributed by atoms with Crippen LogP contribution in [0.3, 0.4) is 0 Å². The zero-order valence-corrected chi connectivity index (χ0v) is 16.0. The Bertz CT molecular complexity index is 704. The van der Waals surface area contributed by atoms with Gasteiger partial charge in [0.15, 0.2) is 0 Å². The van der Waals surface area contributed by atoms with Crippen LogP contribution in [0.1, 0.15) is 36.0 Å². The highest BCUT2D eigenvalue weighted by Crippen LogP contribution is 2.20. The highest BCUT2D eigenvalue weighted by atomic mass is 79.9. The molecule has 0 radical (unpaired) electrons. The van der Waals surface area contributed by atoms with E-state index in [1.807, 2.05) is 43.4 Å². The number of aromatic nitrogens is 4. The van der Waals surface area contributed by atoms with Gasteiger partial charge < -0.3 is 4.90 Å². The molecule has 126 valence electrons. The molecular formula is C16H24BrN5O. The molecule has 0 aliphatic carbocycles. The number of carbonyl (C=O) groups excluding carboxylic acids is 1. The maximum absolute atomic E-state index is 12.4. The van der Waals surface area contributed by atoms with Gasteiger partial charge in [0.25, 0.3) is 0 Å². The fourth-order valence-electron chi connectivity index (χ4n) is 2.59. The molecule has 0 saturated carbocycles. The van der Waals surface area contributed by atoms with E-state index in [9.17, 15) is 4.79 Å². The first-order valence-corrected chi connectivity index (χ1v) is 8.59. The Labute approximate surface area is 145 Å². The molecule has 0 saturated heterocycles. The lowest BCUT2D eigenvalue weighted by Gasteiger charge is -2.17. The third-order valence-electron chi connectivity index (χ3n) is 4.17. The number of carbonyl (C=O) groups is 1. The summed E-state index contributed by atoms with van der Waals surface area (Å²) in [6.07, 6.45) is 2.28. The molecular weight excluding hydrogens is 358 g/mol. The first-order valence-electron chi connectivity index (χ1n) is 7.79. The van der Waals surface area contributed by atoms with Gasteiger partial charge in [-0.3, -0.25) is 14.2 Å². The summed E-state index contributed by atoms with van der Waals surface area (Å²) < 4.78 is 4.84. The molecule has 0 aromatic carbocycles. The van der Waals surface area contributed by atoms with Crippen LogP contribution in [0, 0.1) is 20.8 Å². The standard InChI is InChI=1S/C16H24BrN5O/c1-6-21-12(3)14(9-18-21)10-20(5)15(23)7-8-22-13(4)16(17)11(2)19-22/h9H,6-8,10H2,1-5H3. The van der Waals surface area contributed by atoms with E-state index >= 15 is 0 Å². The van der Waals surface area contributed by atoms with Crippen molar-refractivity contribution in [1.29, 1.82) is 0 Å². The highest BCUT2D eigenvalue weighted by Gasteiger charge is 2.15. The van der Waals surface area contributed by atoms with Gasteiger partial charge in [0.1, 0.15) is 0 Å². The van der Waals surface area contributed by atoms with Gasteiger partial charge in [0, 0.05) is 43.5 Å². The Kier molecular flexibility index (Phi) is 5.62. The highest BCUT2D eigenvalue weighted by molar-refractivity contribution is 9.10. The summed E-state index contributed by atoms with van der Waals surface area (Å²) in [5.41, 5.74) is 4.22. The average Bonchev–Trinajstić information content (AvgIpc) is 3.00. The predicted octanol–water partition coefficient (Wildman–Crippen LogP) is 2.84. The maximum atomic E-state index is 12.4. The molecule has 0 spiro atoms. The van der Waals surface area contributed by atoms with E-state index in [2.05, 4.69) is 33.1 Å². The number of aryl methyl sites for hydroxylation is 3. The maximum Gasteiger partial charge on any atom is 0.224 e. The van der Waals surface area contributed by atoms with E-state index in [0.717, 1.165) is 33.7 Å². The van der Waals surface area contributed by atoms with E-state index in [0.29, 0.717) is 19.5 Å². The summed E-state index contributed by atoms with van der Waals surface area (Å²) in [5.74, 6) is 0.109. The van der Waals surface area contributed by atoms with Gasteiger partial charge >= 0.3 is 0 Å². The zero-order valence-electron chi connectivity index (χ0n) is 14.4.